The number of fused-ring (bicyclic) bond motifs is 1. The van der Waals surface area contributed by atoms with E-state index in [1.807, 2.05) is 6.07 Å². The van der Waals surface area contributed by atoms with Crippen molar-refractivity contribution in [1.82, 2.24) is 9.99 Å². The van der Waals surface area contributed by atoms with Gasteiger partial charge in [0.2, 0.25) is 0 Å². The quantitative estimate of drug-likeness (QED) is 0.277. The number of amides is 1. The van der Waals surface area contributed by atoms with Gasteiger partial charge in [0.15, 0.2) is 5.69 Å². The lowest BCUT2D eigenvalue weighted by Crippen LogP contribution is -2.99. The molecule has 1 heterocycles. The number of hydrogen-bond acceptors (Lipinski definition) is 6. The number of hydrogen-bond donors (Lipinski definition) is 4. The second-order valence-corrected chi connectivity index (χ2v) is 7.24. The van der Waals surface area contributed by atoms with Crippen LogP contribution in [0, 0.1) is 5.21 Å². The van der Waals surface area contributed by atoms with Gasteiger partial charge in [0.1, 0.15) is 11.3 Å². The van der Waals surface area contributed by atoms with Crippen molar-refractivity contribution in [3.8, 4) is 11.4 Å². The number of carbonyl (C=O) groups is 1. The summed E-state index contributed by atoms with van der Waals surface area (Å²) in [6.07, 6.45) is 0. The monoisotopic (exact) mass is 444 g/mol. The first-order chi connectivity index (χ1) is 15.9. The van der Waals surface area contributed by atoms with Crippen LogP contribution in [0.25, 0.3) is 16.6 Å². The molecule has 0 bridgehead atoms. The molecule has 0 saturated heterocycles. The van der Waals surface area contributed by atoms with E-state index in [1.54, 1.807) is 48.5 Å². The molecular formula is C24H20N4O5. The Morgan fingerprint density at radius 3 is 2.30 bits per heavy atom. The maximum atomic E-state index is 13.4. The van der Waals surface area contributed by atoms with Crippen molar-refractivity contribution < 1.29 is 20.3 Å². The van der Waals surface area contributed by atoms with Gasteiger partial charge in [0, 0.05) is 28.8 Å². The van der Waals surface area contributed by atoms with Crippen LogP contribution in [-0.2, 0) is 0 Å². The molecule has 4 aromatic rings. The number of aromatic nitrogens is 1. The highest BCUT2D eigenvalue weighted by Gasteiger charge is 2.19. The molecule has 1 aromatic heterocycles. The zero-order valence-corrected chi connectivity index (χ0v) is 17.5. The summed E-state index contributed by atoms with van der Waals surface area (Å²) < 4.78 is 1.48. The second-order valence-electron chi connectivity index (χ2n) is 7.24. The molecule has 3 aromatic carbocycles. The van der Waals surface area contributed by atoms with Crippen molar-refractivity contribution in [1.29, 1.82) is 0 Å². The summed E-state index contributed by atoms with van der Waals surface area (Å²) in [5.41, 5.74) is 3.33. The second kappa shape index (κ2) is 9.05. The number of pyridine rings is 1. The zero-order valence-electron chi connectivity index (χ0n) is 17.5. The fraction of sp³-hybridized carbons (Fsp3) is 0.0417. The van der Waals surface area contributed by atoms with Gasteiger partial charge in [0.05, 0.1) is 11.2 Å². The number of hydrazone groups is 1. The molecule has 1 unspecified atom stereocenters. The van der Waals surface area contributed by atoms with Gasteiger partial charge in [-0.05, 0) is 43.3 Å². The predicted octanol–water partition coefficient (Wildman–Crippen LogP) is 2.25. The summed E-state index contributed by atoms with van der Waals surface area (Å²) in [5, 5.41) is 34.2. The largest absolute Gasteiger partial charge is 0.595 e. The van der Waals surface area contributed by atoms with E-state index in [2.05, 4.69) is 10.5 Å². The topological polar surface area (TPSA) is 131 Å². The van der Waals surface area contributed by atoms with E-state index in [0.717, 1.165) is 0 Å². The van der Waals surface area contributed by atoms with Gasteiger partial charge < -0.3 is 10.3 Å². The number of nitrogens with one attached hydrogen (secondary N) is 2. The molecule has 166 valence electrons. The highest BCUT2D eigenvalue weighted by atomic mass is 16.8. The van der Waals surface area contributed by atoms with Crippen LogP contribution < -0.4 is 16.2 Å². The molecule has 1 atom stereocenters. The molecule has 0 aliphatic heterocycles. The van der Waals surface area contributed by atoms with E-state index in [1.165, 1.54) is 35.8 Å². The van der Waals surface area contributed by atoms with E-state index in [9.17, 15) is 19.9 Å². The van der Waals surface area contributed by atoms with Crippen LogP contribution in [0.3, 0.4) is 0 Å². The SMILES string of the molecule is CC(=NNC(=O)c1ccc([NH+]([O-])O)cc1)c1c(O)c2ccccc2n(-c2ccccc2)c1=O. The summed E-state index contributed by atoms with van der Waals surface area (Å²) >= 11 is 0. The fourth-order valence-electron chi connectivity index (χ4n) is 3.50. The summed E-state index contributed by atoms with van der Waals surface area (Å²) in [4.78, 5) is 25.8. The number of benzene rings is 3. The zero-order chi connectivity index (χ0) is 23.5. The third-order valence-corrected chi connectivity index (χ3v) is 5.15. The standard InChI is InChI=1S/C24H20N4O5/c1-15(25-26-23(30)16-11-13-18(14-12-16)28(32)33)21-22(29)19-9-5-6-10-20(19)27(24(21)31)17-7-3-2-4-8-17/h2-14,28-29,32H,1H3,(H,26,30). The summed E-state index contributed by atoms with van der Waals surface area (Å²) in [5.74, 6) is -0.820. The number of nitrogens with zero attached hydrogens (tertiary/aromatic N) is 2. The van der Waals surface area contributed by atoms with Gasteiger partial charge in [-0.15, -0.1) is 0 Å². The van der Waals surface area contributed by atoms with Crippen LogP contribution in [0.5, 0.6) is 5.75 Å². The van der Waals surface area contributed by atoms with Crippen molar-refractivity contribution in [3.05, 3.63) is 106 Å². The highest BCUT2D eigenvalue weighted by molar-refractivity contribution is 6.06. The molecule has 33 heavy (non-hydrogen) atoms. The number of quaternary nitrogens is 1. The van der Waals surface area contributed by atoms with E-state index < -0.39 is 16.7 Å². The number of aromatic hydroxyl groups is 1. The van der Waals surface area contributed by atoms with E-state index in [4.69, 9.17) is 5.21 Å². The molecule has 0 fully saturated rings. The Hall–Kier alpha value is -4.31. The number of para-hydroxylation sites is 2. The van der Waals surface area contributed by atoms with Crippen LogP contribution in [0.15, 0.2) is 88.8 Å². The molecule has 0 aliphatic carbocycles. The van der Waals surface area contributed by atoms with Crippen molar-refractivity contribution in [2.24, 2.45) is 5.10 Å². The normalized spacial score (nSPS) is 12.5. The Balaban J connectivity index is 1.75. The molecule has 0 saturated carbocycles. The minimum absolute atomic E-state index is 0.0425. The molecule has 0 radical (unpaired) electrons. The molecule has 0 spiro atoms. The summed E-state index contributed by atoms with van der Waals surface area (Å²) in [6, 6.07) is 21.3. The molecule has 9 nitrogen and oxygen atoms in total. The van der Waals surface area contributed by atoms with Gasteiger partial charge in [-0.2, -0.15) is 10.3 Å². The van der Waals surface area contributed by atoms with E-state index in [0.29, 0.717) is 16.6 Å². The van der Waals surface area contributed by atoms with Crippen molar-refractivity contribution in [2.75, 3.05) is 0 Å². The van der Waals surface area contributed by atoms with Crippen molar-refractivity contribution >= 4 is 28.2 Å². The number of rotatable bonds is 5. The summed E-state index contributed by atoms with van der Waals surface area (Å²) in [6.45, 7) is 1.51. The Bertz CT molecular complexity index is 1410. The average molecular weight is 444 g/mol. The number of carbonyl (C=O) groups excluding carboxylic acids is 1. The van der Waals surface area contributed by atoms with Crippen LogP contribution in [0.2, 0.25) is 0 Å². The van der Waals surface area contributed by atoms with Crippen LogP contribution in [0.4, 0.5) is 5.69 Å². The van der Waals surface area contributed by atoms with Gasteiger partial charge in [-0.1, -0.05) is 30.3 Å². The lowest BCUT2D eigenvalue weighted by atomic mass is 10.1. The molecule has 4 rings (SSSR count). The molecule has 1 amide bonds. The van der Waals surface area contributed by atoms with Crippen molar-refractivity contribution in [3.63, 3.8) is 0 Å². The minimum Gasteiger partial charge on any atom is -0.595 e. The van der Waals surface area contributed by atoms with E-state index >= 15 is 0 Å². The third kappa shape index (κ3) is 4.23. The maximum absolute atomic E-state index is 13.4. The Morgan fingerprint density at radius 2 is 1.64 bits per heavy atom. The highest BCUT2D eigenvalue weighted by Crippen LogP contribution is 2.28. The Morgan fingerprint density at radius 1 is 1.00 bits per heavy atom. The van der Waals surface area contributed by atoms with Gasteiger partial charge in [-0.25, -0.2) is 10.6 Å². The smallest absolute Gasteiger partial charge is 0.271 e. The first-order valence-corrected chi connectivity index (χ1v) is 9.99. The maximum Gasteiger partial charge on any atom is 0.271 e. The minimum atomic E-state index is -1.10. The Labute approximate surface area is 188 Å². The van der Waals surface area contributed by atoms with Gasteiger partial charge in [-0.3, -0.25) is 14.2 Å². The van der Waals surface area contributed by atoms with Crippen LogP contribution in [0.1, 0.15) is 22.8 Å². The van der Waals surface area contributed by atoms with Crippen LogP contribution in [-0.4, -0.2) is 26.5 Å². The molecule has 9 heteroatoms. The molecular weight excluding hydrogens is 424 g/mol. The van der Waals surface area contributed by atoms with Gasteiger partial charge in [0.25, 0.3) is 11.5 Å². The summed E-state index contributed by atoms with van der Waals surface area (Å²) in [7, 11) is 0. The lowest BCUT2D eigenvalue weighted by Gasteiger charge is -2.15. The first-order valence-electron chi connectivity index (χ1n) is 9.99. The molecule has 0 aliphatic rings. The van der Waals surface area contributed by atoms with E-state index in [-0.39, 0.29) is 28.3 Å². The lowest BCUT2D eigenvalue weighted by molar-refractivity contribution is -0.991. The third-order valence-electron chi connectivity index (χ3n) is 5.15. The predicted molar refractivity (Wildman–Crippen MR) is 123 cm³/mol. The average Bonchev–Trinajstić information content (AvgIpc) is 2.83. The van der Waals surface area contributed by atoms with Crippen molar-refractivity contribution in [2.45, 2.75) is 6.92 Å². The molecule has 4 N–H and O–H groups in total. The fourth-order valence-corrected chi connectivity index (χ4v) is 3.50. The first kappa shape index (κ1) is 21.9. The van der Waals surface area contributed by atoms with Crippen LogP contribution >= 0.6 is 0 Å². The van der Waals surface area contributed by atoms with Gasteiger partial charge >= 0.3 is 0 Å². The Kier molecular flexibility index (Phi) is 6.01.